The van der Waals surface area contributed by atoms with Crippen LogP contribution in [0.1, 0.15) is 0 Å². The minimum Gasteiger partial charge on any atom is -0.392 e. The Morgan fingerprint density at radius 3 is 1.40 bits per heavy atom. The van der Waals surface area contributed by atoms with Gasteiger partial charge in [0.25, 0.3) is 0 Å². The third kappa shape index (κ3) is 18.1. The Morgan fingerprint density at radius 1 is 0.760 bits per heavy atom. The number of epoxide rings is 3. The van der Waals surface area contributed by atoms with Gasteiger partial charge in [-0.2, -0.15) is 0 Å². The number of aliphatic hydroxyl groups is 2. The predicted octanol–water partition coefficient (Wildman–Crippen LogP) is 0.525. The van der Waals surface area contributed by atoms with E-state index in [1.54, 1.807) is 0 Å². The number of hydrogen-bond donors (Lipinski definition) is 2. The van der Waals surface area contributed by atoms with Gasteiger partial charge in [-0.25, -0.2) is 0 Å². The van der Waals surface area contributed by atoms with Crippen LogP contribution < -0.4 is 0 Å². The van der Waals surface area contributed by atoms with Crippen molar-refractivity contribution < 1.29 is 33.9 Å². The molecular weight excluding hydrogens is 352 g/mol. The molecule has 3 aliphatic rings. The second-order valence-corrected chi connectivity index (χ2v) is 5.71. The summed E-state index contributed by atoms with van der Waals surface area (Å²) in [7, 11) is 0. The molecule has 0 spiro atoms. The highest BCUT2D eigenvalue weighted by Crippen LogP contribution is 2.09. The maximum absolute atomic E-state index is 8.00. The molecule has 3 rings (SSSR count). The van der Waals surface area contributed by atoms with Gasteiger partial charge >= 0.3 is 0 Å². The van der Waals surface area contributed by atoms with Crippen LogP contribution in [0.15, 0.2) is 24.3 Å². The first-order chi connectivity index (χ1) is 12.3. The second-order valence-electron chi connectivity index (χ2n) is 5.40. The van der Waals surface area contributed by atoms with Gasteiger partial charge in [-0.3, -0.25) is 0 Å². The summed E-state index contributed by atoms with van der Waals surface area (Å²) in [5.41, 5.74) is 0. The van der Waals surface area contributed by atoms with Gasteiger partial charge in [0.2, 0.25) is 0 Å². The molecule has 8 heteroatoms. The van der Waals surface area contributed by atoms with E-state index in [9.17, 15) is 0 Å². The van der Waals surface area contributed by atoms with Gasteiger partial charge in [0.1, 0.15) is 12.2 Å². The molecule has 2 N–H and O–H groups in total. The summed E-state index contributed by atoms with van der Waals surface area (Å²) in [6.45, 7) is 5.32. The normalized spacial score (nSPS) is 26.0. The average Bonchev–Trinajstić information content (AvgIpc) is 3.51. The van der Waals surface area contributed by atoms with Crippen molar-refractivity contribution in [3.63, 3.8) is 0 Å². The summed E-state index contributed by atoms with van der Waals surface area (Å²) in [4.78, 5) is 0. The van der Waals surface area contributed by atoms with E-state index < -0.39 is 0 Å². The fourth-order valence-corrected chi connectivity index (χ4v) is 1.48. The molecule has 3 unspecified atom stereocenters. The lowest BCUT2D eigenvalue weighted by Crippen LogP contribution is -2.02. The number of alkyl halides is 1. The molecular formula is C17H29ClO7. The predicted molar refractivity (Wildman–Crippen MR) is 94.0 cm³/mol. The van der Waals surface area contributed by atoms with Gasteiger partial charge in [0, 0.05) is 0 Å². The first kappa shape index (κ1) is 22.5. The van der Waals surface area contributed by atoms with Crippen LogP contribution in [0.4, 0.5) is 0 Å². The molecule has 3 fully saturated rings. The molecule has 25 heavy (non-hydrogen) atoms. The van der Waals surface area contributed by atoms with Crippen LogP contribution in [-0.4, -0.2) is 93.9 Å². The number of rotatable bonds is 11. The Bertz CT molecular complexity index is 327. The monoisotopic (exact) mass is 380 g/mol. The smallest absolute Gasteiger partial charge is 0.104 e. The second kappa shape index (κ2) is 15.7. The Morgan fingerprint density at radius 2 is 1.16 bits per heavy atom. The summed E-state index contributed by atoms with van der Waals surface area (Å²) in [5, 5.41) is 16.0. The third-order valence-electron chi connectivity index (χ3n) is 2.96. The Hall–Kier alpha value is -0.510. The number of aliphatic hydroxyl groups excluding tert-OH is 2. The molecule has 3 heterocycles. The average molecular weight is 381 g/mol. The van der Waals surface area contributed by atoms with Gasteiger partial charge < -0.3 is 33.9 Å². The highest BCUT2D eigenvalue weighted by atomic mass is 35.5. The first-order valence-electron chi connectivity index (χ1n) is 8.38. The Labute approximate surface area is 154 Å². The fraction of sp³-hybridized carbons (Fsp3) is 0.765. The van der Waals surface area contributed by atoms with Crippen molar-refractivity contribution in [2.24, 2.45) is 0 Å². The number of hydrogen-bond acceptors (Lipinski definition) is 7. The molecule has 3 atom stereocenters. The lowest BCUT2D eigenvalue weighted by Gasteiger charge is -1.97. The number of ether oxygens (including phenoxy) is 5. The summed E-state index contributed by atoms with van der Waals surface area (Å²) in [6.07, 6.45) is 8.02. The number of halogens is 1. The molecule has 0 aromatic carbocycles. The van der Waals surface area contributed by atoms with Gasteiger partial charge in [-0.05, 0) is 0 Å². The van der Waals surface area contributed by atoms with Gasteiger partial charge in [0.15, 0.2) is 0 Å². The van der Waals surface area contributed by atoms with Crippen molar-refractivity contribution in [1.29, 1.82) is 0 Å². The van der Waals surface area contributed by atoms with Crippen molar-refractivity contribution >= 4 is 11.6 Å². The maximum atomic E-state index is 8.00. The largest absolute Gasteiger partial charge is 0.392 e. The van der Waals surface area contributed by atoms with E-state index in [-0.39, 0.29) is 13.2 Å². The molecule has 0 aromatic rings. The quantitative estimate of drug-likeness (QED) is 0.233. The first-order valence-corrected chi connectivity index (χ1v) is 8.91. The van der Waals surface area contributed by atoms with Gasteiger partial charge in [-0.15, -0.1) is 11.6 Å². The van der Waals surface area contributed by atoms with Crippen molar-refractivity contribution in [1.82, 2.24) is 0 Å². The molecule has 0 radical (unpaired) electrons. The highest BCUT2D eigenvalue weighted by Gasteiger charge is 2.22. The summed E-state index contributed by atoms with van der Waals surface area (Å²) in [6, 6.07) is 0. The molecule has 0 bridgehead atoms. The maximum Gasteiger partial charge on any atom is 0.104 e. The zero-order chi connectivity index (χ0) is 18.2. The van der Waals surface area contributed by atoms with E-state index in [1.807, 2.05) is 12.2 Å². The highest BCUT2D eigenvalue weighted by molar-refractivity contribution is 6.18. The molecule has 0 aliphatic carbocycles. The minimum absolute atomic E-state index is 0.0144. The molecule has 3 aliphatic heterocycles. The molecule has 0 aromatic heterocycles. The molecule has 0 saturated carbocycles. The third-order valence-corrected chi connectivity index (χ3v) is 3.30. The van der Waals surface area contributed by atoms with Crippen LogP contribution in [0, 0.1) is 0 Å². The molecule has 146 valence electrons. The molecule has 3 saturated heterocycles. The van der Waals surface area contributed by atoms with E-state index in [0.717, 1.165) is 19.8 Å². The van der Waals surface area contributed by atoms with E-state index in [2.05, 4.69) is 0 Å². The van der Waals surface area contributed by atoms with Gasteiger partial charge in [0.05, 0.1) is 71.4 Å². The summed E-state index contributed by atoms with van der Waals surface area (Å²) in [5.74, 6) is 0.667. The topological polar surface area (TPSA) is 96.5 Å². The van der Waals surface area contributed by atoms with Crippen molar-refractivity contribution in [2.75, 3.05) is 65.3 Å². The van der Waals surface area contributed by atoms with Crippen molar-refractivity contribution in [3.8, 4) is 0 Å². The lowest BCUT2D eigenvalue weighted by molar-refractivity contribution is 0.134. The van der Waals surface area contributed by atoms with Crippen LogP contribution in [-0.2, 0) is 23.7 Å². The zero-order valence-electron chi connectivity index (χ0n) is 14.4. The van der Waals surface area contributed by atoms with E-state index in [4.69, 9.17) is 45.5 Å². The van der Waals surface area contributed by atoms with Crippen LogP contribution >= 0.6 is 11.6 Å². The Balaban J connectivity index is 0.000000235. The molecule has 7 nitrogen and oxygen atoms in total. The van der Waals surface area contributed by atoms with Crippen LogP contribution in [0.5, 0.6) is 0 Å². The molecule has 0 amide bonds. The zero-order valence-corrected chi connectivity index (χ0v) is 15.2. The van der Waals surface area contributed by atoms with Gasteiger partial charge in [-0.1, -0.05) is 24.3 Å². The van der Waals surface area contributed by atoms with Crippen molar-refractivity contribution in [2.45, 2.75) is 18.3 Å². The van der Waals surface area contributed by atoms with E-state index >= 15 is 0 Å². The van der Waals surface area contributed by atoms with Crippen LogP contribution in [0.25, 0.3) is 0 Å². The summed E-state index contributed by atoms with van der Waals surface area (Å²) >= 11 is 5.27. The summed E-state index contributed by atoms with van der Waals surface area (Å²) < 4.78 is 25.3. The van der Waals surface area contributed by atoms with E-state index in [1.165, 1.54) is 12.2 Å². The van der Waals surface area contributed by atoms with Crippen molar-refractivity contribution in [3.05, 3.63) is 24.3 Å². The standard InChI is InChI=1S/C10H16O4.C4H8O2.C3H5ClO/c1(3-11-5-9-7-13-9)2-4-12-6-10-8-14-10;5-3-1-2-4-6;4-1-3-2-5-3/h1-2,9-10H,3-8H2;1-2,5-6H,3-4H2;3H,1-2H2/b2*2-1-;. The SMILES string of the molecule is C(=C/COCC1CO1)/COCC1CO1.ClCC1CO1.OC/C=C\CO. The van der Waals surface area contributed by atoms with Crippen LogP contribution in [0.3, 0.4) is 0 Å². The fourth-order valence-electron chi connectivity index (χ4n) is 1.31. The lowest BCUT2D eigenvalue weighted by atomic mass is 10.5. The Kier molecular flexibility index (Phi) is 14.2. The minimum atomic E-state index is 0.0144. The van der Waals surface area contributed by atoms with Crippen LogP contribution in [0.2, 0.25) is 0 Å². The van der Waals surface area contributed by atoms with E-state index in [0.29, 0.717) is 50.6 Å².